The van der Waals surface area contributed by atoms with Crippen LogP contribution in [0.4, 0.5) is 11.4 Å². The third-order valence-electron chi connectivity index (χ3n) is 9.47. The van der Waals surface area contributed by atoms with Crippen molar-refractivity contribution >= 4 is 52.3 Å². The highest BCUT2D eigenvalue weighted by molar-refractivity contribution is 6.39. The zero-order valence-corrected chi connectivity index (χ0v) is 29.8. The van der Waals surface area contributed by atoms with Crippen molar-refractivity contribution in [1.29, 1.82) is 0 Å². The molecule has 0 bridgehead atoms. The van der Waals surface area contributed by atoms with E-state index in [1.807, 2.05) is 77.7 Å². The maximum absolute atomic E-state index is 12.8. The van der Waals surface area contributed by atoms with Crippen LogP contribution in [0, 0.1) is 0 Å². The highest BCUT2D eigenvalue weighted by atomic mass is 35.5. The second kappa shape index (κ2) is 15.3. The first-order valence-corrected chi connectivity index (χ1v) is 17.9. The molecule has 51 heavy (non-hydrogen) atoms. The van der Waals surface area contributed by atoms with Gasteiger partial charge in [0.05, 0.1) is 21.4 Å². The van der Waals surface area contributed by atoms with Gasteiger partial charge in [-0.3, -0.25) is 14.4 Å². The molecule has 12 heteroatoms. The highest BCUT2D eigenvalue weighted by Gasteiger charge is 2.30. The molecule has 1 atom stereocenters. The molecule has 3 N–H and O–H groups in total. The van der Waals surface area contributed by atoms with Gasteiger partial charge in [0.1, 0.15) is 11.5 Å². The molecule has 1 fully saturated rings. The maximum atomic E-state index is 12.8. The minimum Gasteiger partial charge on any atom is -0.482 e. The van der Waals surface area contributed by atoms with Crippen LogP contribution in [0.2, 0.25) is 10.0 Å². The SMILES string of the molecule is CC(=O)NCCNCCN1C(=O)COc2cc(-c3cccc(-c4cccc(-c5ccc6c(c5)OCC(=O)N6C[C@@H]5CCCN5)c4Cl)c3Cl)ccc21. The number of fused-ring (bicyclic) bond motifs is 2. The summed E-state index contributed by atoms with van der Waals surface area (Å²) >= 11 is 14.3. The number of hydrogen-bond donors (Lipinski definition) is 3. The van der Waals surface area contributed by atoms with Crippen LogP contribution in [0.3, 0.4) is 0 Å². The van der Waals surface area contributed by atoms with Gasteiger partial charge in [-0.25, -0.2) is 0 Å². The lowest BCUT2D eigenvalue weighted by atomic mass is 9.95. The molecule has 0 aromatic heterocycles. The lowest BCUT2D eigenvalue weighted by Crippen LogP contribution is -2.45. The predicted molar refractivity (Wildman–Crippen MR) is 201 cm³/mol. The second-order valence-corrected chi connectivity index (χ2v) is 13.6. The number of halogens is 2. The summed E-state index contributed by atoms with van der Waals surface area (Å²) in [6.07, 6.45) is 2.16. The summed E-state index contributed by atoms with van der Waals surface area (Å²) in [5, 5.41) is 10.6. The molecule has 7 rings (SSSR count). The maximum Gasteiger partial charge on any atom is 0.265 e. The van der Waals surface area contributed by atoms with Gasteiger partial charge in [-0.1, -0.05) is 71.7 Å². The number of hydrogen-bond acceptors (Lipinski definition) is 7. The summed E-state index contributed by atoms with van der Waals surface area (Å²) in [5.41, 5.74) is 6.34. The van der Waals surface area contributed by atoms with E-state index < -0.39 is 0 Å². The van der Waals surface area contributed by atoms with E-state index in [4.69, 9.17) is 32.7 Å². The van der Waals surface area contributed by atoms with Gasteiger partial charge < -0.3 is 35.2 Å². The molecular formula is C39H39Cl2N5O5. The average Bonchev–Trinajstić information content (AvgIpc) is 3.65. The van der Waals surface area contributed by atoms with Crippen LogP contribution in [-0.4, -0.2) is 76.2 Å². The van der Waals surface area contributed by atoms with Crippen molar-refractivity contribution in [2.75, 3.05) is 62.3 Å². The second-order valence-electron chi connectivity index (χ2n) is 12.9. The number of carbonyl (C=O) groups is 3. The summed E-state index contributed by atoms with van der Waals surface area (Å²) in [5.74, 6) is 1.01. The third-order valence-corrected chi connectivity index (χ3v) is 10.3. The summed E-state index contributed by atoms with van der Waals surface area (Å²) in [4.78, 5) is 40.2. The topological polar surface area (TPSA) is 112 Å². The van der Waals surface area contributed by atoms with Crippen molar-refractivity contribution in [3.8, 4) is 44.9 Å². The lowest BCUT2D eigenvalue weighted by molar-refractivity contribution is -0.122. The minimum absolute atomic E-state index is 0.000273. The first kappa shape index (κ1) is 34.8. The van der Waals surface area contributed by atoms with Gasteiger partial charge in [0.25, 0.3) is 11.8 Å². The standard InChI is InChI=1S/C39H39Cl2N5O5/c1-24(47)43-16-15-42-17-18-45-32-12-10-25(19-34(32)50-22-36(45)48)28-6-2-8-30(38(28)40)31-9-3-7-29(39(31)41)26-11-13-33-35(20-26)51-23-37(49)46(33)21-27-5-4-14-44-27/h2-3,6-13,19-20,27,42,44H,4-5,14-18,21-23H2,1H3,(H,43,47)/t27-/m0/s1. The molecule has 264 valence electrons. The van der Waals surface area contributed by atoms with Crippen molar-refractivity contribution < 1.29 is 23.9 Å². The van der Waals surface area contributed by atoms with E-state index in [1.54, 1.807) is 4.90 Å². The normalized spacial score (nSPS) is 16.7. The zero-order valence-electron chi connectivity index (χ0n) is 28.3. The van der Waals surface area contributed by atoms with Crippen molar-refractivity contribution in [3.63, 3.8) is 0 Å². The lowest BCUT2D eigenvalue weighted by Gasteiger charge is -2.31. The Morgan fingerprint density at radius 3 is 1.92 bits per heavy atom. The Morgan fingerprint density at radius 2 is 1.35 bits per heavy atom. The van der Waals surface area contributed by atoms with Gasteiger partial charge in [-0.15, -0.1) is 0 Å². The molecule has 3 aliphatic heterocycles. The number of anilines is 2. The Bertz CT molecular complexity index is 1980. The summed E-state index contributed by atoms with van der Waals surface area (Å²) in [6, 6.07) is 23.6. The van der Waals surface area contributed by atoms with Gasteiger partial charge >= 0.3 is 0 Å². The molecule has 1 saturated heterocycles. The monoisotopic (exact) mass is 727 g/mol. The molecule has 0 spiro atoms. The van der Waals surface area contributed by atoms with Crippen LogP contribution in [-0.2, 0) is 14.4 Å². The fourth-order valence-electron chi connectivity index (χ4n) is 6.89. The quantitative estimate of drug-likeness (QED) is 0.165. The van der Waals surface area contributed by atoms with E-state index in [2.05, 4.69) is 16.0 Å². The van der Waals surface area contributed by atoms with Gasteiger partial charge in [0.15, 0.2) is 13.2 Å². The van der Waals surface area contributed by atoms with Crippen molar-refractivity contribution in [1.82, 2.24) is 16.0 Å². The van der Waals surface area contributed by atoms with Gasteiger partial charge in [-0.05, 0) is 54.8 Å². The van der Waals surface area contributed by atoms with E-state index in [0.717, 1.165) is 58.5 Å². The first-order chi connectivity index (χ1) is 24.8. The molecule has 3 aliphatic rings. The van der Waals surface area contributed by atoms with Crippen LogP contribution in [0.15, 0.2) is 72.8 Å². The smallest absolute Gasteiger partial charge is 0.265 e. The molecule has 0 radical (unpaired) electrons. The van der Waals surface area contributed by atoms with Crippen molar-refractivity contribution in [3.05, 3.63) is 82.8 Å². The van der Waals surface area contributed by atoms with Crippen LogP contribution in [0.25, 0.3) is 33.4 Å². The molecule has 10 nitrogen and oxygen atoms in total. The number of rotatable bonds is 11. The number of nitrogens with zero attached hydrogens (tertiary/aromatic N) is 2. The molecule has 0 unspecified atom stereocenters. The number of ether oxygens (including phenoxy) is 2. The minimum atomic E-state index is -0.119. The molecule has 4 aromatic rings. The molecule has 0 saturated carbocycles. The fraction of sp³-hybridized carbons (Fsp3) is 0.308. The van der Waals surface area contributed by atoms with Crippen molar-refractivity contribution in [2.45, 2.75) is 25.8 Å². The molecule has 4 aromatic carbocycles. The molecule has 3 amide bonds. The first-order valence-electron chi connectivity index (χ1n) is 17.2. The summed E-state index contributed by atoms with van der Waals surface area (Å²) < 4.78 is 11.8. The fourth-order valence-corrected chi connectivity index (χ4v) is 7.56. The van der Waals surface area contributed by atoms with E-state index >= 15 is 0 Å². The molecule has 0 aliphatic carbocycles. The number of amides is 3. The van der Waals surface area contributed by atoms with E-state index in [0.29, 0.717) is 60.0 Å². The Labute approximate surface area is 307 Å². The van der Waals surface area contributed by atoms with Crippen LogP contribution in [0.1, 0.15) is 19.8 Å². The Morgan fingerprint density at radius 1 is 0.784 bits per heavy atom. The van der Waals surface area contributed by atoms with Crippen LogP contribution in [0.5, 0.6) is 11.5 Å². The Hall–Kier alpha value is -4.61. The van der Waals surface area contributed by atoms with Gasteiger partial charge in [-0.2, -0.15) is 0 Å². The van der Waals surface area contributed by atoms with Crippen LogP contribution < -0.4 is 35.2 Å². The van der Waals surface area contributed by atoms with E-state index in [1.165, 1.54) is 6.92 Å². The highest BCUT2D eigenvalue weighted by Crippen LogP contribution is 2.45. The summed E-state index contributed by atoms with van der Waals surface area (Å²) in [6.45, 7) is 5.17. The Kier molecular flexibility index (Phi) is 10.5. The summed E-state index contributed by atoms with van der Waals surface area (Å²) in [7, 11) is 0. The predicted octanol–water partition coefficient (Wildman–Crippen LogP) is 5.92. The average molecular weight is 729 g/mol. The number of benzene rings is 4. The van der Waals surface area contributed by atoms with E-state index in [9.17, 15) is 14.4 Å². The molecule has 3 heterocycles. The third kappa shape index (κ3) is 7.41. The van der Waals surface area contributed by atoms with Gasteiger partial charge in [0.2, 0.25) is 5.91 Å². The number of nitrogens with one attached hydrogen (secondary N) is 3. The van der Waals surface area contributed by atoms with Crippen LogP contribution >= 0.6 is 23.2 Å². The zero-order chi connectivity index (χ0) is 35.5. The largest absolute Gasteiger partial charge is 0.482 e. The van der Waals surface area contributed by atoms with Crippen molar-refractivity contribution in [2.24, 2.45) is 0 Å². The Balaban J connectivity index is 1.12. The number of carbonyl (C=O) groups excluding carboxylic acids is 3. The van der Waals surface area contributed by atoms with E-state index in [-0.39, 0.29) is 37.0 Å². The molecular weight excluding hydrogens is 689 g/mol. The van der Waals surface area contributed by atoms with Gasteiger partial charge in [0, 0.05) is 67.9 Å².